The highest BCUT2D eigenvalue weighted by Crippen LogP contribution is 2.40. The molecule has 1 saturated carbocycles. The summed E-state index contributed by atoms with van der Waals surface area (Å²) < 4.78 is 10.4. The molecule has 1 aliphatic rings. The number of ketones is 1. The Morgan fingerprint density at radius 1 is 1.25 bits per heavy atom. The van der Waals surface area contributed by atoms with Gasteiger partial charge >= 0.3 is 13.5 Å². The molecule has 4 atom stereocenters. The molecular weight excluding hydrogens is 353 g/mol. The van der Waals surface area contributed by atoms with Crippen LogP contribution in [0, 0.1) is 23.2 Å². The van der Waals surface area contributed by atoms with Crippen molar-refractivity contribution >= 4 is 25.6 Å². The molecule has 0 spiro atoms. The van der Waals surface area contributed by atoms with Crippen molar-refractivity contribution in [3.05, 3.63) is 35.9 Å². The fourth-order valence-electron chi connectivity index (χ4n) is 4.18. The van der Waals surface area contributed by atoms with E-state index in [0.717, 1.165) is 44.1 Å². The third kappa shape index (κ3) is 6.50. The van der Waals surface area contributed by atoms with Gasteiger partial charge in [-0.15, -0.1) is 0 Å². The van der Waals surface area contributed by atoms with E-state index in [1.807, 2.05) is 37.3 Å². The van der Waals surface area contributed by atoms with Crippen molar-refractivity contribution in [1.82, 2.24) is 0 Å². The van der Waals surface area contributed by atoms with E-state index in [2.05, 4.69) is 0 Å². The first-order valence-corrected chi connectivity index (χ1v) is 10.3. The minimum absolute atomic E-state index is 0.103. The largest absolute Gasteiger partial charge is 0.555 e. The smallest absolute Gasteiger partial charge is 0.381 e. The standard InChI is InChI=1S/C22H31BNO4/c1-3-19(22(26)27-14-17-9-5-4-6-10-17)20-12-8-7-11-18(20)13-21(25)16(2)23-28-15-24/h4-6,9-10,15-16,18-20,24H,3,7-8,11-14H2,1-2H3/t16-,18+,19-,20+/m1/s1. The highest BCUT2D eigenvalue weighted by molar-refractivity contribution is 6.39. The lowest BCUT2D eigenvalue weighted by Crippen LogP contribution is -2.34. The van der Waals surface area contributed by atoms with Crippen LogP contribution in [0.4, 0.5) is 0 Å². The van der Waals surface area contributed by atoms with Crippen molar-refractivity contribution in [3.8, 4) is 0 Å². The maximum Gasteiger partial charge on any atom is 0.381 e. The number of rotatable bonds is 11. The number of carbonyl (C=O) groups is 2. The third-order valence-electron chi connectivity index (χ3n) is 5.77. The second kappa shape index (κ2) is 11.7. The molecule has 0 amide bonds. The number of carbonyl (C=O) groups excluding carboxylic acids is 2. The summed E-state index contributed by atoms with van der Waals surface area (Å²) in [7, 11) is 1.40. The van der Waals surface area contributed by atoms with E-state index in [-0.39, 0.29) is 35.3 Å². The van der Waals surface area contributed by atoms with Gasteiger partial charge in [-0.1, -0.05) is 57.0 Å². The zero-order valence-corrected chi connectivity index (χ0v) is 16.9. The monoisotopic (exact) mass is 384 g/mol. The molecule has 1 aliphatic carbocycles. The van der Waals surface area contributed by atoms with Crippen LogP contribution in [-0.4, -0.2) is 25.6 Å². The molecule has 0 aromatic heterocycles. The molecule has 0 saturated heterocycles. The molecule has 0 unspecified atom stereocenters. The molecule has 5 nitrogen and oxygen atoms in total. The minimum atomic E-state index is -0.353. The average molecular weight is 384 g/mol. The lowest BCUT2D eigenvalue weighted by molar-refractivity contribution is -0.154. The molecule has 0 heterocycles. The van der Waals surface area contributed by atoms with Gasteiger partial charge in [-0.25, -0.2) is 0 Å². The summed E-state index contributed by atoms with van der Waals surface area (Å²) in [6, 6.07) is 9.71. The van der Waals surface area contributed by atoms with Gasteiger partial charge in [-0.05, 0) is 36.7 Å². The Kier molecular flexibility index (Phi) is 9.25. The van der Waals surface area contributed by atoms with Crippen molar-refractivity contribution in [2.45, 2.75) is 64.8 Å². The quantitative estimate of drug-likeness (QED) is 0.262. The summed E-state index contributed by atoms with van der Waals surface area (Å²) >= 11 is 0. The topological polar surface area (TPSA) is 76.5 Å². The van der Waals surface area contributed by atoms with E-state index in [0.29, 0.717) is 13.0 Å². The SMILES string of the molecule is CC[C@@H](C(=O)OCc1ccccc1)[C@H]1CCCC[C@H]1CC(=O)[C@@H](C)[B]OC=N. The molecule has 2 rings (SSSR count). The van der Waals surface area contributed by atoms with Gasteiger partial charge in [0.15, 0.2) is 0 Å². The van der Waals surface area contributed by atoms with Crippen LogP contribution in [0.2, 0.25) is 5.82 Å². The highest BCUT2D eigenvalue weighted by atomic mass is 16.5. The maximum absolute atomic E-state index is 12.8. The Morgan fingerprint density at radius 2 is 1.96 bits per heavy atom. The molecule has 0 bridgehead atoms. The number of Topliss-reactive ketones (excluding diaryl/α,β-unsaturated/α-hetero) is 1. The van der Waals surface area contributed by atoms with Gasteiger partial charge in [-0.2, -0.15) is 0 Å². The van der Waals surface area contributed by atoms with E-state index < -0.39 is 0 Å². The van der Waals surface area contributed by atoms with E-state index in [1.165, 1.54) is 7.48 Å². The van der Waals surface area contributed by atoms with E-state index in [1.54, 1.807) is 6.92 Å². The minimum Gasteiger partial charge on any atom is -0.555 e. The molecule has 1 aromatic carbocycles. The van der Waals surface area contributed by atoms with Gasteiger partial charge in [0, 0.05) is 12.2 Å². The second-order valence-corrected chi connectivity index (χ2v) is 7.67. The second-order valence-electron chi connectivity index (χ2n) is 7.67. The lowest BCUT2D eigenvalue weighted by atomic mass is 9.67. The number of hydrogen-bond donors (Lipinski definition) is 1. The first-order chi connectivity index (χ1) is 13.6. The van der Waals surface area contributed by atoms with Crippen LogP contribution in [0.5, 0.6) is 0 Å². The summed E-state index contributed by atoms with van der Waals surface area (Å²) in [6.07, 6.45) is 6.12. The van der Waals surface area contributed by atoms with Crippen LogP contribution in [0.1, 0.15) is 57.9 Å². The van der Waals surface area contributed by atoms with E-state index in [9.17, 15) is 9.59 Å². The Bertz CT molecular complexity index is 637. The maximum atomic E-state index is 12.8. The Labute approximate surface area is 169 Å². The number of esters is 1. The summed E-state index contributed by atoms with van der Waals surface area (Å²) in [4.78, 5) is 25.3. The number of ether oxygens (including phenoxy) is 1. The summed E-state index contributed by atoms with van der Waals surface area (Å²) in [5.74, 6) is -0.185. The number of hydrogen-bond acceptors (Lipinski definition) is 5. The predicted octanol–water partition coefficient (Wildman–Crippen LogP) is 4.57. The predicted molar refractivity (Wildman–Crippen MR) is 110 cm³/mol. The van der Waals surface area contributed by atoms with Gasteiger partial charge in [0.2, 0.25) is 0 Å². The van der Waals surface area contributed by atoms with Gasteiger partial charge in [-0.3, -0.25) is 10.2 Å². The molecule has 151 valence electrons. The number of benzene rings is 1. The van der Waals surface area contributed by atoms with Crippen molar-refractivity contribution in [2.24, 2.45) is 17.8 Å². The van der Waals surface area contributed by atoms with Crippen LogP contribution in [0.15, 0.2) is 30.3 Å². The van der Waals surface area contributed by atoms with Gasteiger partial charge in [0.05, 0.1) is 5.92 Å². The zero-order chi connectivity index (χ0) is 20.4. The van der Waals surface area contributed by atoms with Crippen LogP contribution in [0.25, 0.3) is 0 Å². The van der Waals surface area contributed by atoms with Crippen molar-refractivity contribution in [3.63, 3.8) is 0 Å². The molecule has 1 radical (unpaired) electrons. The fourth-order valence-corrected chi connectivity index (χ4v) is 4.18. The molecule has 6 heteroatoms. The molecule has 0 aliphatic heterocycles. The zero-order valence-electron chi connectivity index (χ0n) is 16.9. The van der Waals surface area contributed by atoms with Crippen LogP contribution in [0.3, 0.4) is 0 Å². The van der Waals surface area contributed by atoms with Crippen molar-refractivity contribution in [1.29, 1.82) is 5.41 Å². The van der Waals surface area contributed by atoms with Crippen molar-refractivity contribution in [2.75, 3.05) is 0 Å². The molecule has 1 aromatic rings. The van der Waals surface area contributed by atoms with Crippen molar-refractivity contribution < 1.29 is 19.0 Å². The third-order valence-corrected chi connectivity index (χ3v) is 5.77. The van der Waals surface area contributed by atoms with Crippen LogP contribution in [-0.2, 0) is 25.6 Å². The lowest BCUT2D eigenvalue weighted by Gasteiger charge is -2.36. The molecule has 28 heavy (non-hydrogen) atoms. The Balaban J connectivity index is 1.97. The first-order valence-electron chi connectivity index (χ1n) is 10.3. The van der Waals surface area contributed by atoms with Gasteiger partial charge in [0.25, 0.3) is 0 Å². The fraction of sp³-hybridized carbons (Fsp3) is 0.591. The normalized spacial score (nSPS) is 21.2. The van der Waals surface area contributed by atoms with E-state index in [4.69, 9.17) is 14.8 Å². The van der Waals surface area contributed by atoms with E-state index >= 15 is 0 Å². The van der Waals surface area contributed by atoms with Crippen LogP contribution < -0.4 is 0 Å². The molecule has 1 N–H and O–H groups in total. The van der Waals surface area contributed by atoms with Crippen LogP contribution >= 0.6 is 0 Å². The van der Waals surface area contributed by atoms with Gasteiger partial charge < -0.3 is 14.2 Å². The summed E-state index contributed by atoms with van der Waals surface area (Å²) in [5.41, 5.74) is 0.983. The first kappa shape index (κ1) is 22.2. The molecule has 1 fully saturated rings. The van der Waals surface area contributed by atoms with Gasteiger partial charge in [0.1, 0.15) is 18.8 Å². The highest BCUT2D eigenvalue weighted by Gasteiger charge is 2.37. The Hall–Kier alpha value is -2.11. The molecular formula is C22H31BNO4. The summed E-state index contributed by atoms with van der Waals surface area (Å²) in [6.45, 7) is 4.10. The Morgan fingerprint density at radius 3 is 2.64 bits per heavy atom. The number of nitrogens with one attached hydrogen (secondary N) is 1. The average Bonchev–Trinajstić information content (AvgIpc) is 2.72. The summed E-state index contributed by atoms with van der Waals surface area (Å²) in [5, 5.41) is 6.91.